The Morgan fingerprint density at radius 3 is 2.90 bits per heavy atom. The number of aliphatic hydroxyl groups excluding tert-OH is 1. The first-order chi connectivity index (χ1) is 9.47. The second kappa shape index (κ2) is 5.79. The van der Waals surface area contributed by atoms with Crippen LogP contribution in [0.2, 0.25) is 0 Å². The molecule has 1 aromatic heterocycles. The number of halogens is 2. The van der Waals surface area contributed by atoms with Gasteiger partial charge < -0.3 is 10.4 Å². The average molecular weight is 281 g/mol. The number of nitrogens with zero attached hydrogens (tertiary/aromatic N) is 2. The zero-order valence-corrected chi connectivity index (χ0v) is 10.7. The van der Waals surface area contributed by atoms with Crippen molar-refractivity contribution in [2.24, 2.45) is 0 Å². The number of aromatic nitrogens is 2. The standard InChI is InChI=1S/C13H13F2N3O2/c1-8(19)5-16-13(20)9-6-17-18(7-9)12-3-2-10(14)4-11(12)15/h2-4,6-8,19H,5H2,1H3,(H,16,20). The summed E-state index contributed by atoms with van der Waals surface area (Å²) >= 11 is 0. The Hall–Kier alpha value is -2.28. The normalized spacial score (nSPS) is 12.2. The van der Waals surface area contributed by atoms with Crippen molar-refractivity contribution in [3.05, 3.63) is 47.8 Å². The van der Waals surface area contributed by atoms with Gasteiger partial charge in [-0.2, -0.15) is 5.10 Å². The number of carbonyl (C=O) groups is 1. The molecule has 2 aromatic rings. The first kappa shape index (κ1) is 14.1. The van der Waals surface area contributed by atoms with Crippen LogP contribution in [0.1, 0.15) is 17.3 Å². The molecule has 0 fully saturated rings. The molecule has 0 aliphatic carbocycles. The Kier molecular flexibility index (Phi) is 4.09. The lowest BCUT2D eigenvalue weighted by Gasteiger charge is -2.05. The topological polar surface area (TPSA) is 67.2 Å². The molecule has 0 aliphatic heterocycles. The average Bonchev–Trinajstić information content (AvgIpc) is 2.85. The predicted molar refractivity (Wildman–Crippen MR) is 67.5 cm³/mol. The number of rotatable bonds is 4. The first-order valence-electron chi connectivity index (χ1n) is 5.93. The van der Waals surface area contributed by atoms with Crippen molar-refractivity contribution in [3.63, 3.8) is 0 Å². The quantitative estimate of drug-likeness (QED) is 0.886. The van der Waals surface area contributed by atoms with Gasteiger partial charge in [0.25, 0.3) is 5.91 Å². The summed E-state index contributed by atoms with van der Waals surface area (Å²) < 4.78 is 27.5. The third kappa shape index (κ3) is 3.18. The minimum Gasteiger partial charge on any atom is -0.392 e. The maximum absolute atomic E-state index is 13.6. The van der Waals surface area contributed by atoms with E-state index in [2.05, 4.69) is 10.4 Å². The maximum atomic E-state index is 13.6. The third-order valence-corrected chi connectivity index (χ3v) is 2.56. The molecule has 0 radical (unpaired) electrons. The van der Waals surface area contributed by atoms with Crippen LogP contribution in [-0.4, -0.2) is 33.4 Å². The molecular weight excluding hydrogens is 268 g/mol. The van der Waals surface area contributed by atoms with Crippen LogP contribution in [0.5, 0.6) is 0 Å². The fourth-order valence-corrected chi connectivity index (χ4v) is 1.58. The van der Waals surface area contributed by atoms with Crippen molar-refractivity contribution in [3.8, 4) is 5.69 Å². The number of hydrogen-bond acceptors (Lipinski definition) is 3. The van der Waals surface area contributed by atoms with Crippen LogP contribution in [-0.2, 0) is 0 Å². The van der Waals surface area contributed by atoms with E-state index in [1.54, 1.807) is 0 Å². The molecule has 106 valence electrons. The Labute approximate surface area is 113 Å². The van der Waals surface area contributed by atoms with E-state index in [1.807, 2.05) is 0 Å². The summed E-state index contributed by atoms with van der Waals surface area (Å²) in [6, 6.07) is 3.08. The highest BCUT2D eigenvalue weighted by Crippen LogP contribution is 2.14. The van der Waals surface area contributed by atoms with Gasteiger partial charge >= 0.3 is 0 Å². The molecule has 0 saturated heterocycles. The second-order valence-electron chi connectivity index (χ2n) is 4.33. The fraction of sp³-hybridized carbons (Fsp3) is 0.231. The highest BCUT2D eigenvalue weighted by Gasteiger charge is 2.12. The van der Waals surface area contributed by atoms with Gasteiger partial charge in [0.2, 0.25) is 0 Å². The molecule has 2 N–H and O–H groups in total. The molecule has 20 heavy (non-hydrogen) atoms. The van der Waals surface area contributed by atoms with Crippen LogP contribution in [0.15, 0.2) is 30.6 Å². The predicted octanol–water partition coefficient (Wildman–Crippen LogP) is 1.26. The van der Waals surface area contributed by atoms with Crippen LogP contribution in [0.25, 0.3) is 5.69 Å². The molecule has 7 heteroatoms. The van der Waals surface area contributed by atoms with Gasteiger partial charge in [0.1, 0.15) is 11.5 Å². The Balaban J connectivity index is 2.18. The Morgan fingerprint density at radius 2 is 2.25 bits per heavy atom. The highest BCUT2D eigenvalue weighted by atomic mass is 19.1. The van der Waals surface area contributed by atoms with Crippen LogP contribution < -0.4 is 5.32 Å². The summed E-state index contributed by atoms with van der Waals surface area (Å²) in [6.45, 7) is 1.65. The number of nitrogens with one attached hydrogen (secondary N) is 1. The maximum Gasteiger partial charge on any atom is 0.254 e. The van der Waals surface area contributed by atoms with E-state index < -0.39 is 23.6 Å². The lowest BCUT2D eigenvalue weighted by molar-refractivity contribution is 0.0924. The zero-order valence-electron chi connectivity index (χ0n) is 10.7. The monoisotopic (exact) mass is 281 g/mol. The van der Waals surface area contributed by atoms with Gasteiger partial charge in [0.05, 0.1) is 17.9 Å². The van der Waals surface area contributed by atoms with Gasteiger partial charge in [-0.15, -0.1) is 0 Å². The molecule has 0 aliphatic rings. The van der Waals surface area contributed by atoms with Crippen molar-refractivity contribution in [1.82, 2.24) is 15.1 Å². The van der Waals surface area contributed by atoms with Crippen LogP contribution >= 0.6 is 0 Å². The van der Waals surface area contributed by atoms with E-state index in [4.69, 9.17) is 5.11 Å². The number of benzene rings is 1. The zero-order chi connectivity index (χ0) is 14.7. The molecule has 1 heterocycles. The minimum absolute atomic E-state index is 0.0426. The van der Waals surface area contributed by atoms with Gasteiger partial charge in [0.15, 0.2) is 5.82 Å². The lowest BCUT2D eigenvalue weighted by Crippen LogP contribution is -2.30. The molecule has 1 atom stereocenters. The number of aliphatic hydroxyl groups is 1. The summed E-state index contributed by atoms with van der Waals surface area (Å²) in [5.41, 5.74) is 0.260. The van der Waals surface area contributed by atoms with Gasteiger partial charge in [-0.05, 0) is 19.1 Å². The Morgan fingerprint density at radius 1 is 1.50 bits per heavy atom. The van der Waals surface area contributed by atoms with E-state index in [0.29, 0.717) is 0 Å². The smallest absolute Gasteiger partial charge is 0.254 e. The summed E-state index contributed by atoms with van der Waals surface area (Å²) in [4.78, 5) is 11.7. The number of carbonyl (C=O) groups excluding carboxylic acids is 1. The van der Waals surface area contributed by atoms with Crippen molar-refractivity contribution in [1.29, 1.82) is 0 Å². The fourth-order valence-electron chi connectivity index (χ4n) is 1.58. The molecular formula is C13H13F2N3O2. The SMILES string of the molecule is CC(O)CNC(=O)c1cnn(-c2ccc(F)cc2F)c1. The molecule has 0 spiro atoms. The third-order valence-electron chi connectivity index (χ3n) is 2.56. The highest BCUT2D eigenvalue weighted by molar-refractivity contribution is 5.93. The Bertz CT molecular complexity index is 626. The van der Waals surface area contributed by atoms with Crippen LogP contribution in [0.4, 0.5) is 8.78 Å². The van der Waals surface area contributed by atoms with Crippen LogP contribution in [0, 0.1) is 11.6 Å². The number of amides is 1. The van der Waals surface area contributed by atoms with Crippen molar-refractivity contribution in [2.75, 3.05) is 6.54 Å². The molecule has 1 unspecified atom stereocenters. The van der Waals surface area contributed by atoms with Gasteiger partial charge in [0, 0.05) is 18.8 Å². The molecule has 1 amide bonds. The summed E-state index contributed by atoms with van der Waals surface area (Å²) in [5, 5.41) is 15.4. The lowest BCUT2D eigenvalue weighted by atomic mass is 10.3. The van der Waals surface area contributed by atoms with Crippen molar-refractivity contribution in [2.45, 2.75) is 13.0 Å². The molecule has 2 rings (SSSR count). The van der Waals surface area contributed by atoms with Gasteiger partial charge in [-0.3, -0.25) is 4.79 Å². The van der Waals surface area contributed by atoms with E-state index >= 15 is 0 Å². The molecule has 0 saturated carbocycles. The molecule has 5 nitrogen and oxygen atoms in total. The van der Waals surface area contributed by atoms with Gasteiger partial charge in [-0.1, -0.05) is 0 Å². The first-order valence-corrected chi connectivity index (χ1v) is 5.93. The van der Waals surface area contributed by atoms with Crippen molar-refractivity contribution < 1.29 is 18.7 Å². The van der Waals surface area contributed by atoms with E-state index in [-0.39, 0.29) is 17.8 Å². The van der Waals surface area contributed by atoms with E-state index in [1.165, 1.54) is 25.4 Å². The summed E-state index contributed by atoms with van der Waals surface area (Å²) in [7, 11) is 0. The summed E-state index contributed by atoms with van der Waals surface area (Å²) in [6.07, 6.45) is 1.93. The second-order valence-corrected chi connectivity index (χ2v) is 4.33. The largest absolute Gasteiger partial charge is 0.392 e. The van der Waals surface area contributed by atoms with Crippen molar-refractivity contribution >= 4 is 5.91 Å². The number of hydrogen-bond donors (Lipinski definition) is 2. The van der Waals surface area contributed by atoms with E-state index in [9.17, 15) is 13.6 Å². The molecule has 0 bridgehead atoms. The molecule has 1 aromatic carbocycles. The van der Waals surface area contributed by atoms with E-state index in [0.717, 1.165) is 16.8 Å². The van der Waals surface area contributed by atoms with Gasteiger partial charge in [-0.25, -0.2) is 13.5 Å². The summed E-state index contributed by atoms with van der Waals surface area (Å²) in [5.74, 6) is -1.89. The minimum atomic E-state index is -0.774. The van der Waals surface area contributed by atoms with Crippen LogP contribution in [0.3, 0.4) is 0 Å².